The van der Waals surface area contributed by atoms with E-state index in [1.54, 1.807) is 18.9 Å². The summed E-state index contributed by atoms with van der Waals surface area (Å²) in [5.74, 6) is 0.155. The minimum absolute atomic E-state index is 0.0658. The van der Waals surface area contributed by atoms with Gasteiger partial charge in [0.1, 0.15) is 0 Å². The number of oxazole rings is 1. The minimum Gasteiger partial charge on any atom is -0.438 e. The molecule has 1 atom stereocenters. The fourth-order valence-electron chi connectivity index (χ4n) is 1.15. The zero-order valence-electron chi connectivity index (χ0n) is 9.16. The molecule has 0 aliphatic rings. The molecule has 0 N–H and O–H groups in total. The number of carbonyl (C=O) groups is 1. The van der Waals surface area contributed by atoms with Gasteiger partial charge >= 0.3 is 0 Å². The zero-order valence-corrected chi connectivity index (χ0v) is 9.91. The van der Waals surface area contributed by atoms with Crippen LogP contribution in [-0.2, 0) is 0 Å². The lowest BCUT2D eigenvalue weighted by Crippen LogP contribution is -2.29. The first-order chi connectivity index (χ1) is 7.02. The van der Waals surface area contributed by atoms with E-state index in [4.69, 9.17) is 16.0 Å². The van der Waals surface area contributed by atoms with Gasteiger partial charge in [-0.2, -0.15) is 0 Å². The summed E-state index contributed by atoms with van der Waals surface area (Å²) >= 11 is 5.81. The monoisotopic (exact) mass is 230 g/mol. The van der Waals surface area contributed by atoms with E-state index < -0.39 is 0 Å². The van der Waals surface area contributed by atoms with Crippen LogP contribution in [0.3, 0.4) is 0 Å². The number of carbonyl (C=O) groups excluding carboxylic acids is 1. The molecule has 1 aromatic heterocycles. The van der Waals surface area contributed by atoms with Crippen LogP contribution in [0.5, 0.6) is 0 Å². The predicted octanol–water partition coefficient (Wildman–Crippen LogP) is 2.07. The number of hydrogen-bond acceptors (Lipinski definition) is 3. The van der Waals surface area contributed by atoms with Gasteiger partial charge < -0.3 is 9.32 Å². The minimum atomic E-state index is -0.151. The quantitative estimate of drug-likeness (QED) is 0.744. The summed E-state index contributed by atoms with van der Waals surface area (Å²) in [6.07, 6.45) is 2.04. The van der Waals surface area contributed by atoms with E-state index in [-0.39, 0.29) is 11.3 Å². The third-order valence-corrected chi connectivity index (χ3v) is 2.37. The van der Waals surface area contributed by atoms with Crippen LogP contribution >= 0.6 is 11.6 Å². The van der Waals surface area contributed by atoms with E-state index in [1.807, 2.05) is 6.92 Å². The predicted molar refractivity (Wildman–Crippen MR) is 58.1 cm³/mol. The van der Waals surface area contributed by atoms with Crippen LogP contribution in [0.2, 0.25) is 0 Å². The van der Waals surface area contributed by atoms with Crippen molar-refractivity contribution in [3.05, 3.63) is 17.8 Å². The van der Waals surface area contributed by atoms with Crippen molar-refractivity contribution in [1.29, 1.82) is 0 Å². The van der Waals surface area contributed by atoms with Gasteiger partial charge in [-0.1, -0.05) is 0 Å². The second-order valence-corrected chi connectivity index (χ2v) is 4.31. The van der Waals surface area contributed by atoms with Gasteiger partial charge in [0, 0.05) is 19.0 Å². The van der Waals surface area contributed by atoms with Gasteiger partial charge in [-0.15, -0.1) is 11.6 Å². The number of aryl methyl sites for hydroxylation is 1. The molecule has 15 heavy (non-hydrogen) atoms. The lowest BCUT2D eigenvalue weighted by atomic mass is 10.3. The molecule has 0 bridgehead atoms. The van der Waals surface area contributed by atoms with Gasteiger partial charge in [0.15, 0.2) is 6.39 Å². The van der Waals surface area contributed by atoms with Crippen molar-refractivity contribution in [1.82, 2.24) is 9.88 Å². The molecule has 1 aromatic rings. The van der Waals surface area contributed by atoms with Crippen LogP contribution in [0.4, 0.5) is 0 Å². The van der Waals surface area contributed by atoms with Gasteiger partial charge in [-0.25, -0.2) is 4.98 Å². The highest BCUT2D eigenvalue weighted by molar-refractivity contribution is 6.20. The van der Waals surface area contributed by atoms with E-state index in [1.165, 1.54) is 6.39 Å². The molecule has 1 amide bonds. The van der Waals surface area contributed by atoms with E-state index in [0.29, 0.717) is 18.0 Å². The maximum Gasteiger partial charge on any atom is 0.291 e. The molecule has 1 rings (SSSR count). The highest BCUT2D eigenvalue weighted by Crippen LogP contribution is 2.09. The van der Waals surface area contributed by atoms with Crippen LogP contribution in [0.15, 0.2) is 10.8 Å². The standard InChI is InChI=1S/C10H15ClN2O2/c1-7(11)4-5-13(3)10(14)9-8(2)12-6-15-9/h6-7H,4-5H2,1-3H3. The lowest BCUT2D eigenvalue weighted by Gasteiger charge is -2.16. The summed E-state index contributed by atoms with van der Waals surface area (Å²) in [7, 11) is 1.73. The second-order valence-electron chi connectivity index (χ2n) is 3.56. The highest BCUT2D eigenvalue weighted by Gasteiger charge is 2.18. The van der Waals surface area contributed by atoms with Crippen LogP contribution in [0.25, 0.3) is 0 Å². The molecular weight excluding hydrogens is 216 g/mol. The van der Waals surface area contributed by atoms with Crippen molar-refractivity contribution in [3.8, 4) is 0 Å². The van der Waals surface area contributed by atoms with Crippen LogP contribution in [-0.4, -0.2) is 34.8 Å². The Bertz CT molecular complexity index is 336. The van der Waals surface area contributed by atoms with Gasteiger partial charge in [0.05, 0.1) is 5.69 Å². The van der Waals surface area contributed by atoms with Gasteiger partial charge in [0.2, 0.25) is 5.76 Å². The molecular formula is C10H15ClN2O2. The molecule has 1 heterocycles. The third kappa shape index (κ3) is 3.23. The van der Waals surface area contributed by atoms with E-state index in [0.717, 1.165) is 6.42 Å². The summed E-state index contributed by atoms with van der Waals surface area (Å²) in [5, 5.41) is 0.0658. The number of amides is 1. The largest absolute Gasteiger partial charge is 0.438 e. The molecule has 0 saturated carbocycles. The second kappa shape index (κ2) is 5.16. The number of rotatable bonds is 4. The molecule has 0 fully saturated rings. The van der Waals surface area contributed by atoms with Gasteiger partial charge in [-0.3, -0.25) is 4.79 Å². The summed E-state index contributed by atoms with van der Waals surface area (Å²) in [5.41, 5.74) is 0.616. The normalized spacial score (nSPS) is 12.5. The molecule has 1 unspecified atom stereocenters. The van der Waals surface area contributed by atoms with Crippen molar-refractivity contribution in [2.75, 3.05) is 13.6 Å². The first-order valence-electron chi connectivity index (χ1n) is 4.82. The van der Waals surface area contributed by atoms with Crippen molar-refractivity contribution < 1.29 is 9.21 Å². The smallest absolute Gasteiger partial charge is 0.291 e. The fourth-order valence-corrected chi connectivity index (χ4v) is 1.25. The highest BCUT2D eigenvalue weighted by atomic mass is 35.5. The maximum absolute atomic E-state index is 11.8. The molecule has 0 aliphatic carbocycles. The van der Waals surface area contributed by atoms with E-state index in [9.17, 15) is 4.79 Å². The Balaban J connectivity index is 2.57. The van der Waals surface area contributed by atoms with Crippen molar-refractivity contribution in [2.24, 2.45) is 0 Å². The number of halogens is 1. The number of aromatic nitrogens is 1. The molecule has 0 saturated heterocycles. The molecule has 84 valence electrons. The van der Waals surface area contributed by atoms with Crippen molar-refractivity contribution >= 4 is 17.5 Å². The molecule has 0 aliphatic heterocycles. The average molecular weight is 231 g/mol. The Hall–Kier alpha value is -1.03. The Morgan fingerprint density at radius 1 is 1.73 bits per heavy atom. The van der Waals surface area contributed by atoms with Crippen LogP contribution in [0, 0.1) is 6.92 Å². The van der Waals surface area contributed by atoms with Gasteiger partial charge in [0.25, 0.3) is 5.91 Å². The molecule has 0 aromatic carbocycles. The SMILES string of the molecule is Cc1ncoc1C(=O)N(C)CCC(C)Cl. The summed E-state index contributed by atoms with van der Waals surface area (Å²) in [4.78, 5) is 17.3. The topological polar surface area (TPSA) is 46.3 Å². The Kier molecular flexibility index (Phi) is 4.15. The van der Waals surface area contributed by atoms with E-state index >= 15 is 0 Å². The maximum atomic E-state index is 11.8. The van der Waals surface area contributed by atoms with Crippen molar-refractivity contribution in [3.63, 3.8) is 0 Å². The Morgan fingerprint density at radius 2 is 2.40 bits per heavy atom. The Labute approximate surface area is 94.2 Å². The summed E-state index contributed by atoms with van der Waals surface area (Å²) in [6, 6.07) is 0. The first kappa shape index (κ1) is 12.0. The zero-order chi connectivity index (χ0) is 11.4. The molecule has 4 nitrogen and oxygen atoms in total. The van der Waals surface area contributed by atoms with Crippen molar-refractivity contribution in [2.45, 2.75) is 25.6 Å². The summed E-state index contributed by atoms with van der Waals surface area (Å²) in [6.45, 7) is 4.26. The fraction of sp³-hybridized carbons (Fsp3) is 0.600. The lowest BCUT2D eigenvalue weighted by molar-refractivity contribution is 0.0761. The van der Waals surface area contributed by atoms with Gasteiger partial charge in [-0.05, 0) is 20.3 Å². The van der Waals surface area contributed by atoms with Crippen LogP contribution in [0.1, 0.15) is 29.6 Å². The molecule has 0 spiro atoms. The number of nitrogens with zero attached hydrogens (tertiary/aromatic N) is 2. The molecule has 5 heteroatoms. The number of alkyl halides is 1. The van der Waals surface area contributed by atoms with E-state index in [2.05, 4.69) is 4.98 Å². The van der Waals surface area contributed by atoms with Crippen LogP contribution < -0.4 is 0 Å². The molecule has 0 radical (unpaired) electrons. The Morgan fingerprint density at radius 3 is 2.87 bits per heavy atom. The third-order valence-electron chi connectivity index (χ3n) is 2.15. The first-order valence-corrected chi connectivity index (χ1v) is 5.25. The number of hydrogen-bond donors (Lipinski definition) is 0. The average Bonchev–Trinajstić information content (AvgIpc) is 2.59. The summed E-state index contributed by atoms with van der Waals surface area (Å²) < 4.78 is 5.02.